The zero-order valence-corrected chi connectivity index (χ0v) is 16.6. The van der Waals surface area contributed by atoms with E-state index in [9.17, 15) is 4.79 Å². The van der Waals surface area contributed by atoms with Crippen molar-refractivity contribution in [1.82, 2.24) is 14.5 Å². The first-order chi connectivity index (χ1) is 13.2. The van der Waals surface area contributed by atoms with Crippen LogP contribution in [0.25, 0.3) is 0 Å². The highest BCUT2D eigenvalue weighted by molar-refractivity contribution is 5.79. The lowest BCUT2D eigenvalue weighted by Gasteiger charge is -2.36. The number of carbonyl (C=O) groups excluding carboxylic acids is 1. The summed E-state index contributed by atoms with van der Waals surface area (Å²) in [6.07, 6.45) is 8.22. The molecule has 4 heterocycles. The molecule has 0 aromatic carbocycles. The molecule has 0 bridgehead atoms. The predicted octanol–water partition coefficient (Wildman–Crippen LogP) is 2.75. The molecule has 1 aromatic rings. The van der Waals surface area contributed by atoms with Gasteiger partial charge in [0.25, 0.3) is 0 Å². The molecule has 150 valence electrons. The number of hydrogen-bond donors (Lipinski definition) is 0. The summed E-state index contributed by atoms with van der Waals surface area (Å²) in [5.41, 5.74) is 1.24. The van der Waals surface area contributed by atoms with Crippen molar-refractivity contribution in [1.29, 1.82) is 0 Å². The Morgan fingerprint density at radius 2 is 1.81 bits per heavy atom. The fourth-order valence-electron chi connectivity index (χ4n) is 4.87. The monoisotopic (exact) mass is 375 g/mol. The number of rotatable bonds is 4. The summed E-state index contributed by atoms with van der Waals surface area (Å²) < 4.78 is 13.4. The van der Waals surface area contributed by atoms with Crippen LogP contribution in [-0.2, 0) is 20.8 Å². The minimum Gasteiger partial charge on any atom is -0.381 e. The van der Waals surface area contributed by atoms with Crippen molar-refractivity contribution >= 4 is 5.91 Å². The third-order valence-corrected chi connectivity index (χ3v) is 6.51. The average Bonchev–Trinajstić information content (AvgIpc) is 3.09. The fourth-order valence-corrected chi connectivity index (χ4v) is 4.87. The van der Waals surface area contributed by atoms with Crippen LogP contribution in [0.15, 0.2) is 6.20 Å². The van der Waals surface area contributed by atoms with Crippen LogP contribution < -0.4 is 0 Å². The van der Waals surface area contributed by atoms with Crippen LogP contribution >= 0.6 is 0 Å². The summed E-state index contributed by atoms with van der Waals surface area (Å²) in [6, 6.07) is 0. The lowest BCUT2D eigenvalue weighted by Crippen LogP contribution is -2.45. The molecule has 0 aliphatic carbocycles. The number of piperidine rings is 1. The second kappa shape index (κ2) is 8.74. The van der Waals surface area contributed by atoms with E-state index in [1.165, 1.54) is 17.9 Å². The van der Waals surface area contributed by atoms with E-state index in [0.717, 1.165) is 78.2 Å². The van der Waals surface area contributed by atoms with Crippen molar-refractivity contribution in [3.8, 4) is 0 Å². The van der Waals surface area contributed by atoms with Gasteiger partial charge in [-0.15, -0.1) is 0 Å². The number of nitrogens with zero attached hydrogens (tertiary/aromatic N) is 3. The Morgan fingerprint density at radius 3 is 2.56 bits per heavy atom. The van der Waals surface area contributed by atoms with E-state index in [2.05, 4.69) is 16.4 Å². The standard InChI is InChI=1S/C21H33N3O3/c1-16-13-22-20(18-4-9-26-10-5-18)24(16)15-17-3-2-8-23(14-17)21(25)19-6-11-27-12-7-19/h13,17-19H,2-12,14-15H2,1H3. The van der Waals surface area contributed by atoms with Crippen molar-refractivity contribution in [2.75, 3.05) is 39.5 Å². The first-order valence-corrected chi connectivity index (χ1v) is 10.7. The third-order valence-electron chi connectivity index (χ3n) is 6.51. The van der Waals surface area contributed by atoms with E-state index in [0.29, 0.717) is 17.7 Å². The molecule has 1 atom stereocenters. The second-order valence-corrected chi connectivity index (χ2v) is 8.43. The molecular weight excluding hydrogens is 342 g/mol. The number of aromatic nitrogens is 2. The molecular formula is C21H33N3O3. The molecule has 1 aromatic heterocycles. The van der Waals surface area contributed by atoms with E-state index < -0.39 is 0 Å². The molecule has 6 heteroatoms. The highest BCUT2D eigenvalue weighted by Gasteiger charge is 2.31. The average molecular weight is 376 g/mol. The Bertz CT molecular complexity index is 633. The van der Waals surface area contributed by atoms with Crippen LogP contribution in [-0.4, -0.2) is 59.9 Å². The lowest BCUT2D eigenvalue weighted by atomic mass is 9.93. The highest BCUT2D eigenvalue weighted by atomic mass is 16.5. The largest absolute Gasteiger partial charge is 0.381 e. The Labute approximate surface area is 162 Å². The Morgan fingerprint density at radius 1 is 1.11 bits per heavy atom. The molecule has 3 saturated heterocycles. The molecule has 0 N–H and O–H groups in total. The zero-order valence-electron chi connectivity index (χ0n) is 16.6. The van der Waals surface area contributed by atoms with E-state index >= 15 is 0 Å². The third kappa shape index (κ3) is 4.37. The highest BCUT2D eigenvalue weighted by Crippen LogP contribution is 2.29. The quantitative estimate of drug-likeness (QED) is 0.812. The predicted molar refractivity (Wildman–Crippen MR) is 103 cm³/mol. The summed E-state index contributed by atoms with van der Waals surface area (Å²) >= 11 is 0. The molecule has 0 spiro atoms. The van der Waals surface area contributed by atoms with Gasteiger partial charge in [-0.2, -0.15) is 0 Å². The van der Waals surface area contributed by atoms with Crippen molar-refractivity contribution in [3.63, 3.8) is 0 Å². The van der Waals surface area contributed by atoms with E-state index in [-0.39, 0.29) is 5.92 Å². The van der Waals surface area contributed by atoms with Crippen LogP contribution in [0, 0.1) is 18.8 Å². The second-order valence-electron chi connectivity index (χ2n) is 8.43. The van der Waals surface area contributed by atoms with Crippen LogP contribution in [0.3, 0.4) is 0 Å². The number of imidazole rings is 1. The van der Waals surface area contributed by atoms with Crippen LogP contribution in [0.5, 0.6) is 0 Å². The summed E-state index contributed by atoms with van der Waals surface area (Å²) in [6.45, 7) is 8.09. The topological polar surface area (TPSA) is 56.6 Å². The first kappa shape index (κ1) is 18.9. The van der Waals surface area contributed by atoms with Gasteiger partial charge in [0.1, 0.15) is 5.82 Å². The molecule has 4 rings (SSSR count). The molecule has 1 amide bonds. The van der Waals surface area contributed by atoms with Gasteiger partial charge in [0.2, 0.25) is 5.91 Å². The van der Waals surface area contributed by atoms with E-state index in [1.54, 1.807) is 0 Å². The van der Waals surface area contributed by atoms with E-state index in [1.807, 2.05) is 6.20 Å². The fraction of sp³-hybridized carbons (Fsp3) is 0.810. The van der Waals surface area contributed by atoms with Gasteiger partial charge in [-0.25, -0.2) is 4.98 Å². The van der Waals surface area contributed by atoms with Crippen molar-refractivity contribution in [2.45, 2.75) is 57.9 Å². The Balaban J connectivity index is 1.40. The number of amides is 1. The Hall–Kier alpha value is -1.40. The summed E-state index contributed by atoms with van der Waals surface area (Å²) in [4.78, 5) is 19.8. The molecule has 3 aliphatic heterocycles. The zero-order chi connectivity index (χ0) is 18.6. The van der Waals surface area contributed by atoms with Crippen LogP contribution in [0.2, 0.25) is 0 Å². The minimum atomic E-state index is 0.172. The van der Waals surface area contributed by atoms with Crippen molar-refractivity contribution in [3.05, 3.63) is 17.7 Å². The normalized spacial score (nSPS) is 25.7. The minimum absolute atomic E-state index is 0.172. The van der Waals surface area contributed by atoms with Crippen molar-refractivity contribution < 1.29 is 14.3 Å². The Kier molecular flexibility index (Phi) is 6.13. The van der Waals surface area contributed by atoms with Gasteiger partial charge in [0.15, 0.2) is 0 Å². The van der Waals surface area contributed by atoms with E-state index in [4.69, 9.17) is 14.5 Å². The summed E-state index contributed by atoms with van der Waals surface area (Å²) in [5.74, 6) is 2.79. The molecule has 27 heavy (non-hydrogen) atoms. The number of carbonyl (C=O) groups is 1. The van der Waals surface area contributed by atoms with Gasteiger partial charge in [-0.05, 0) is 51.4 Å². The molecule has 0 radical (unpaired) electrons. The maximum absolute atomic E-state index is 12.9. The summed E-state index contributed by atoms with van der Waals surface area (Å²) in [7, 11) is 0. The SMILES string of the molecule is Cc1cnc(C2CCOCC2)n1CC1CCCN(C(=O)C2CCOCC2)C1. The van der Waals surface area contributed by atoms with Gasteiger partial charge in [0, 0.05) is 69.8 Å². The first-order valence-electron chi connectivity index (χ1n) is 10.7. The van der Waals surface area contributed by atoms with Crippen molar-refractivity contribution in [2.24, 2.45) is 11.8 Å². The molecule has 3 fully saturated rings. The van der Waals surface area contributed by atoms with Gasteiger partial charge in [-0.3, -0.25) is 4.79 Å². The lowest BCUT2D eigenvalue weighted by molar-refractivity contribution is -0.140. The summed E-state index contributed by atoms with van der Waals surface area (Å²) in [5, 5.41) is 0. The van der Waals surface area contributed by atoms with Gasteiger partial charge < -0.3 is 18.9 Å². The maximum Gasteiger partial charge on any atom is 0.225 e. The number of likely N-dealkylation sites (tertiary alicyclic amines) is 1. The number of aryl methyl sites for hydroxylation is 1. The molecule has 0 saturated carbocycles. The van der Waals surface area contributed by atoms with Gasteiger partial charge >= 0.3 is 0 Å². The van der Waals surface area contributed by atoms with Crippen LogP contribution in [0.1, 0.15) is 56.0 Å². The van der Waals surface area contributed by atoms with Crippen LogP contribution in [0.4, 0.5) is 0 Å². The molecule has 3 aliphatic rings. The van der Waals surface area contributed by atoms with Gasteiger partial charge in [0.05, 0.1) is 0 Å². The maximum atomic E-state index is 12.9. The van der Waals surface area contributed by atoms with Gasteiger partial charge in [-0.1, -0.05) is 0 Å². The molecule has 6 nitrogen and oxygen atoms in total. The number of ether oxygens (including phenoxy) is 2. The molecule has 1 unspecified atom stereocenters. The smallest absolute Gasteiger partial charge is 0.225 e. The number of hydrogen-bond acceptors (Lipinski definition) is 4.